The van der Waals surface area contributed by atoms with E-state index in [1.165, 1.54) is 16.7 Å². The predicted octanol–water partition coefficient (Wildman–Crippen LogP) is 4.22. The van der Waals surface area contributed by atoms with Crippen molar-refractivity contribution in [1.29, 1.82) is 0 Å². The van der Waals surface area contributed by atoms with E-state index >= 15 is 0 Å². The molecule has 94 valence electrons. The van der Waals surface area contributed by atoms with E-state index in [2.05, 4.69) is 50.0 Å². The minimum atomic E-state index is 0.796. The minimum absolute atomic E-state index is 0.796. The Kier molecular flexibility index (Phi) is 2.79. The fourth-order valence-corrected chi connectivity index (χ4v) is 2.22. The number of aryl methyl sites for hydroxylation is 3. The lowest BCUT2D eigenvalue weighted by Crippen LogP contribution is -1.92. The van der Waals surface area contributed by atoms with Crippen LogP contribution in [0.15, 0.2) is 42.6 Å². The van der Waals surface area contributed by atoms with Gasteiger partial charge in [-0.05, 0) is 43.5 Å². The monoisotopic (exact) mass is 248 g/mol. The van der Waals surface area contributed by atoms with Gasteiger partial charge in [0.25, 0.3) is 0 Å². The molecule has 0 aliphatic rings. The van der Waals surface area contributed by atoms with Crippen molar-refractivity contribution in [2.24, 2.45) is 0 Å². The Morgan fingerprint density at radius 3 is 2.47 bits per heavy atom. The summed E-state index contributed by atoms with van der Waals surface area (Å²) in [6, 6.07) is 12.5. The number of para-hydroxylation sites is 1. The van der Waals surface area contributed by atoms with E-state index in [0.29, 0.717) is 0 Å². The van der Waals surface area contributed by atoms with E-state index in [9.17, 15) is 0 Å². The molecule has 1 aromatic heterocycles. The number of benzene rings is 2. The average Bonchev–Trinajstić information content (AvgIpc) is 2.42. The lowest BCUT2D eigenvalue weighted by molar-refractivity contribution is 1.21. The summed E-state index contributed by atoms with van der Waals surface area (Å²) in [5, 5.41) is 1.09. The van der Waals surface area contributed by atoms with E-state index in [1.807, 2.05) is 18.3 Å². The number of aromatic nitrogens is 2. The highest BCUT2D eigenvalue weighted by molar-refractivity contribution is 5.82. The highest BCUT2D eigenvalue weighted by atomic mass is 14.9. The normalized spacial score (nSPS) is 10.9. The van der Waals surface area contributed by atoms with E-state index in [4.69, 9.17) is 4.98 Å². The van der Waals surface area contributed by atoms with Crippen molar-refractivity contribution >= 4 is 10.9 Å². The van der Waals surface area contributed by atoms with Crippen molar-refractivity contribution < 1.29 is 0 Å². The van der Waals surface area contributed by atoms with Crippen molar-refractivity contribution in [3.05, 3.63) is 59.3 Å². The summed E-state index contributed by atoms with van der Waals surface area (Å²) in [6.45, 7) is 6.31. The third-order valence-electron chi connectivity index (χ3n) is 3.58. The molecule has 0 atom stereocenters. The lowest BCUT2D eigenvalue weighted by atomic mass is 10.1. The fraction of sp³-hybridized carbons (Fsp3) is 0.176. The summed E-state index contributed by atoms with van der Waals surface area (Å²) in [6.07, 6.45) is 1.90. The molecule has 2 heteroatoms. The highest BCUT2D eigenvalue weighted by Crippen LogP contribution is 2.22. The van der Waals surface area contributed by atoms with Gasteiger partial charge < -0.3 is 0 Å². The van der Waals surface area contributed by atoms with Crippen molar-refractivity contribution in [3.63, 3.8) is 0 Å². The number of hydrogen-bond donors (Lipinski definition) is 0. The quantitative estimate of drug-likeness (QED) is 0.644. The molecule has 0 N–H and O–H groups in total. The number of rotatable bonds is 1. The average molecular weight is 248 g/mol. The molecule has 0 aliphatic heterocycles. The summed E-state index contributed by atoms with van der Waals surface area (Å²) in [4.78, 5) is 9.18. The minimum Gasteiger partial charge on any atom is -0.236 e. The van der Waals surface area contributed by atoms with Gasteiger partial charge in [0, 0.05) is 17.1 Å². The number of hydrogen-bond acceptors (Lipinski definition) is 2. The van der Waals surface area contributed by atoms with Gasteiger partial charge in [0.2, 0.25) is 0 Å². The van der Waals surface area contributed by atoms with Gasteiger partial charge in [-0.1, -0.05) is 30.3 Å². The molecular formula is C17H16N2. The second kappa shape index (κ2) is 4.47. The molecule has 0 fully saturated rings. The van der Waals surface area contributed by atoms with Crippen LogP contribution in [-0.2, 0) is 0 Å². The van der Waals surface area contributed by atoms with Gasteiger partial charge in [-0.3, -0.25) is 0 Å². The van der Waals surface area contributed by atoms with E-state index in [-0.39, 0.29) is 0 Å². The van der Waals surface area contributed by atoms with Crippen LogP contribution < -0.4 is 0 Å². The van der Waals surface area contributed by atoms with Gasteiger partial charge in [0.1, 0.15) is 0 Å². The van der Waals surface area contributed by atoms with E-state index in [1.54, 1.807) is 0 Å². The van der Waals surface area contributed by atoms with Gasteiger partial charge >= 0.3 is 0 Å². The molecular weight excluding hydrogens is 232 g/mol. The van der Waals surface area contributed by atoms with Crippen LogP contribution in [0.5, 0.6) is 0 Å². The first-order valence-corrected chi connectivity index (χ1v) is 6.45. The molecule has 0 amide bonds. The van der Waals surface area contributed by atoms with Crippen LogP contribution in [0.25, 0.3) is 22.3 Å². The van der Waals surface area contributed by atoms with E-state index in [0.717, 1.165) is 22.3 Å². The van der Waals surface area contributed by atoms with Crippen molar-refractivity contribution in [3.8, 4) is 11.4 Å². The van der Waals surface area contributed by atoms with Gasteiger partial charge in [0.05, 0.1) is 5.52 Å². The predicted molar refractivity (Wildman–Crippen MR) is 79.2 cm³/mol. The molecule has 3 rings (SSSR count). The summed E-state index contributed by atoms with van der Waals surface area (Å²) in [5.74, 6) is 0.796. The smallest absolute Gasteiger partial charge is 0.159 e. The first kappa shape index (κ1) is 11.8. The molecule has 0 bridgehead atoms. The van der Waals surface area contributed by atoms with Crippen molar-refractivity contribution in [2.45, 2.75) is 20.8 Å². The van der Waals surface area contributed by atoms with Crippen LogP contribution in [0.2, 0.25) is 0 Å². The Hall–Kier alpha value is -2.22. The van der Waals surface area contributed by atoms with Crippen LogP contribution in [0, 0.1) is 20.8 Å². The molecule has 0 unspecified atom stereocenters. The molecule has 3 aromatic rings. The van der Waals surface area contributed by atoms with Crippen LogP contribution in [0.4, 0.5) is 0 Å². The van der Waals surface area contributed by atoms with E-state index < -0.39 is 0 Å². The van der Waals surface area contributed by atoms with Gasteiger partial charge in [-0.2, -0.15) is 0 Å². The Bertz CT molecular complexity index is 760. The molecule has 1 heterocycles. The Labute approximate surface area is 113 Å². The highest BCUT2D eigenvalue weighted by Gasteiger charge is 2.05. The second-order valence-corrected chi connectivity index (χ2v) is 5.01. The van der Waals surface area contributed by atoms with Crippen molar-refractivity contribution in [1.82, 2.24) is 9.97 Å². The summed E-state index contributed by atoms with van der Waals surface area (Å²) in [5.41, 5.74) is 5.86. The standard InChI is InChI=1S/C17H16N2/c1-11-7-8-14(9-13(11)3)17-18-10-15-6-4-5-12(2)16(15)19-17/h4-10H,1-3H3. The molecule has 2 aromatic carbocycles. The Balaban J connectivity index is 2.20. The van der Waals surface area contributed by atoms with Crippen LogP contribution >= 0.6 is 0 Å². The summed E-state index contributed by atoms with van der Waals surface area (Å²) < 4.78 is 0. The molecule has 19 heavy (non-hydrogen) atoms. The Morgan fingerprint density at radius 1 is 0.842 bits per heavy atom. The van der Waals surface area contributed by atoms with Crippen molar-refractivity contribution in [2.75, 3.05) is 0 Å². The third-order valence-corrected chi connectivity index (χ3v) is 3.58. The molecule has 2 nitrogen and oxygen atoms in total. The zero-order valence-electron chi connectivity index (χ0n) is 11.4. The van der Waals surface area contributed by atoms with Gasteiger partial charge in [-0.25, -0.2) is 9.97 Å². The maximum absolute atomic E-state index is 4.70. The molecule has 0 spiro atoms. The number of fused-ring (bicyclic) bond motifs is 1. The fourth-order valence-electron chi connectivity index (χ4n) is 2.22. The largest absolute Gasteiger partial charge is 0.236 e. The summed E-state index contributed by atoms with van der Waals surface area (Å²) in [7, 11) is 0. The third kappa shape index (κ3) is 2.10. The van der Waals surface area contributed by atoms with Crippen LogP contribution in [0.1, 0.15) is 16.7 Å². The zero-order chi connectivity index (χ0) is 13.4. The first-order chi connectivity index (χ1) is 9.15. The van der Waals surface area contributed by atoms with Gasteiger partial charge in [0.15, 0.2) is 5.82 Å². The Morgan fingerprint density at radius 2 is 1.68 bits per heavy atom. The molecule has 0 saturated carbocycles. The SMILES string of the molecule is Cc1ccc(-c2ncc3cccc(C)c3n2)cc1C. The first-order valence-electron chi connectivity index (χ1n) is 6.45. The maximum atomic E-state index is 4.70. The molecule has 0 saturated heterocycles. The summed E-state index contributed by atoms with van der Waals surface area (Å²) >= 11 is 0. The maximum Gasteiger partial charge on any atom is 0.159 e. The number of nitrogens with zero attached hydrogens (tertiary/aromatic N) is 2. The van der Waals surface area contributed by atoms with Crippen LogP contribution in [-0.4, -0.2) is 9.97 Å². The zero-order valence-corrected chi connectivity index (χ0v) is 11.4. The van der Waals surface area contributed by atoms with Crippen LogP contribution in [0.3, 0.4) is 0 Å². The molecule has 0 radical (unpaired) electrons. The topological polar surface area (TPSA) is 25.8 Å². The van der Waals surface area contributed by atoms with Gasteiger partial charge in [-0.15, -0.1) is 0 Å². The lowest BCUT2D eigenvalue weighted by Gasteiger charge is -2.06. The molecule has 0 aliphatic carbocycles. The second-order valence-electron chi connectivity index (χ2n) is 5.01.